The van der Waals surface area contributed by atoms with E-state index >= 15 is 0 Å². The van der Waals surface area contributed by atoms with Gasteiger partial charge in [-0.1, -0.05) is 0 Å². The minimum atomic E-state index is 0.747. The van der Waals surface area contributed by atoms with Gasteiger partial charge in [-0.15, -0.1) is 0 Å². The Bertz CT molecular complexity index is 290. The quantitative estimate of drug-likeness (QED) is 0.721. The first kappa shape index (κ1) is 7.59. The van der Waals surface area contributed by atoms with Crippen LogP contribution in [-0.4, -0.2) is 12.0 Å². The standard InChI is InChI=1S/C10H14N2/c1-7-5-9(8-3-4-8)12-10(6-7)11-2/h5-6,8H,3-4H2,1-2H3,(H,11,12). The van der Waals surface area contributed by atoms with E-state index in [1.54, 1.807) is 0 Å². The summed E-state index contributed by atoms with van der Waals surface area (Å²) in [5.41, 5.74) is 2.57. The van der Waals surface area contributed by atoms with E-state index in [2.05, 4.69) is 29.4 Å². The second-order valence-electron chi connectivity index (χ2n) is 3.48. The largest absolute Gasteiger partial charge is 0.373 e. The number of rotatable bonds is 2. The number of aryl methyl sites for hydroxylation is 1. The predicted molar refractivity (Wildman–Crippen MR) is 50.5 cm³/mol. The summed E-state index contributed by atoms with van der Waals surface area (Å²) >= 11 is 0. The Morgan fingerprint density at radius 1 is 1.42 bits per heavy atom. The molecule has 1 aliphatic carbocycles. The SMILES string of the molecule is CNc1cc(C)cc(C2CC2)n1. The molecule has 1 heterocycles. The molecule has 0 atom stereocenters. The van der Waals surface area contributed by atoms with Gasteiger partial charge in [0.05, 0.1) is 0 Å². The number of anilines is 1. The zero-order valence-electron chi connectivity index (χ0n) is 7.59. The van der Waals surface area contributed by atoms with E-state index in [9.17, 15) is 0 Å². The van der Waals surface area contributed by atoms with Gasteiger partial charge in [0.2, 0.25) is 0 Å². The molecule has 0 radical (unpaired) electrons. The molecule has 0 aliphatic heterocycles. The van der Waals surface area contributed by atoms with Crippen LogP contribution in [0.15, 0.2) is 12.1 Å². The lowest BCUT2D eigenvalue weighted by atomic mass is 10.2. The summed E-state index contributed by atoms with van der Waals surface area (Å²) in [5, 5.41) is 3.08. The smallest absolute Gasteiger partial charge is 0.126 e. The monoisotopic (exact) mass is 162 g/mol. The Kier molecular flexibility index (Phi) is 1.75. The van der Waals surface area contributed by atoms with E-state index in [0.717, 1.165) is 11.7 Å². The Labute approximate surface area is 73.0 Å². The van der Waals surface area contributed by atoms with Crippen molar-refractivity contribution in [1.82, 2.24) is 4.98 Å². The molecule has 0 bridgehead atoms. The van der Waals surface area contributed by atoms with Crippen LogP contribution in [0.5, 0.6) is 0 Å². The van der Waals surface area contributed by atoms with Crippen LogP contribution in [0, 0.1) is 6.92 Å². The number of hydrogen-bond acceptors (Lipinski definition) is 2. The van der Waals surface area contributed by atoms with Crippen molar-refractivity contribution in [2.75, 3.05) is 12.4 Å². The second kappa shape index (κ2) is 2.77. The van der Waals surface area contributed by atoms with Gasteiger partial charge in [0.1, 0.15) is 5.82 Å². The third-order valence-corrected chi connectivity index (χ3v) is 2.24. The molecule has 1 aromatic heterocycles. The van der Waals surface area contributed by atoms with Crippen LogP contribution in [0.3, 0.4) is 0 Å². The highest BCUT2D eigenvalue weighted by Gasteiger charge is 2.25. The zero-order chi connectivity index (χ0) is 8.55. The third kappa shape index (κ3) is 1.42. The highest BCUT2D eigenvalue weighted by Crippen LogP contribution is 2.39. The molecule has 0 unspecified atom stereocenters. The first-order valence-electron chi connectivity index (χ1n) is 4.46. The molecule has 1 aliphatic rings. The van der Waals surface area contributed by atoms with Gasteiger partial charge in [-0.25, -0.2) is 4.98 Å². The van der Waals surface area contributed by atoms with Crippen molar-refractivity contribution in [3.8, 4) is 0 Å². The summed E-state index contributed by atoms with van der Waals surface area (Å²) in [7, 11) is 1.92. The lowest BCUT2D eigenvalue weighted by molar-refractivity contribution is 1.01. The van der Waals surface area contributed by atoms with E-state index in [1.807, 2.05) is 7.05 Å². The maximum absolute atomic E-state index is 4.50. The molecule has 64 valence electrons. The van der Waals surface area contributed by atoms with Crippen molar-refractivity contribution in [3.63, 3.8) is 0 Å². The molecule has 1 saturated carbocycles. The molecular weight excluding hydrogens is 148 g/mol. The summed E-state index contributed by atoms with van der Waals surface area (Å²) in [6.45, 7) is 2.12. The number of nitrogens with zero attached hydrogens (tertiary/aromatic N) is 1. The highest BCUT2D eigenvalue weighted by atomic mass is 15.0. The van der Waals surface area contributed by atoms with E-state index in [-0.39, 0.29) is 0 Å². The van der Waals surface area contributed by atoms with Crippen molar-refractivity contribution in [1.29, 1.82) is 0 Å². The van der Waals surface area contributed by atoms with Crippen molar-refractivity contribution in [3.05, 3.63) is 23.4 Å². The summed E-state index contributed by atoms with van der Waals surface area (Å²) in [4.78, 5) is 4.50. The van der Waals surface area contributed by atoms with Crippen LogP contribution in [0.4, 0.5) is 5.82 Å². The van der Waals surface area contributed by atoms with E-state index in [1.165, 1.54) is 24.1 Å². The van der Waals surface area contributed by atoms with Gasteiger partial charge in [-0.2, -0.15) is 0 Å². The molecule has 12 heavy (non-hydrogen) atoms. The topological polar surface area (TPSA) is 24.9 Å². The van der Waals surface area contributed by atoms with Crippen LogP contribution < -0.4 is 5.32 Å². The van der Waals surface area contributed by atoms with E-state index in [4.69, 9.17) is 0 Å². The summed E-state index contributed by atoms with van der Waals surface area (Å²) in [5.74, 6) is 1.74. The highest BCUT2D eigenvalue weighted by molar-refractivity contribution is 5.39. The van der Waals surface area contributed by atoms with Crippen molar-refractivity contribution < 1.29 is 0 Å². The lowest BCUT2D eigenvalue weighted by Crippen LogP contribution is -1.96. The molecule has 2 rings (SSSR count). The molecule has 1 aromatic rings. The normalized spacial score (nSPS) is 16.2. The molecule has 0 saturated heterocycles. The third-order valence-electron chi connectivity index (χ3n) is 2.24. The Hall–Kier alpha value is -1.05. The van der Waals surface area contributed by atoms with Gasteiger partial charge in [0.15, 0.2) is 0 Å². The molecule has 0 spiro atoms. The van der Waals surface area contributed by atoms with Gasteiger partial charge >= 0.3 is 0 Å². The average Bonchev–Trinajstić information content (AvgIpc) is 2.85. The molecule has 2 heteroatoms. The Morgan fingerprint density at radius 3 is 2.75 bits per heavy atom. The number of nitrogens with one attached hydrogen (secondary N) is 1. The lowest BCUT2D eigenvalue weighted by Gasteiger charge is -2.04. The van der Waals surface area contributed by atoms with Gasteiger partial charge in [0, 0.05) is 18.7 Å². The maximum atomic E-state index is 4.50. The maximum Gasteiger partial charge on any atom is 0.126 e. The Balaban J connectivity index is 2.34. The van der Waals surface area contributed by atoms with Gasteiger partial charge < -0.3 is 5.32 Å². The molecular formula is C10H14N2. The van der Waals surface area contributed by atoms with Crippen LogP contribution in [0.25, 0.3) is 0 Å². The molecule has 2 nitrogen and oxygen atoms in total. The van der Waals surface area contributed by atoms with Crippen molar-refractivity contribution in [2.45, 2.75) is 25.7 Å². The number of aromatic nitrogens is 1. The summed E-state index contributed by atoms with van der Waals surface area (Å²) < 4.78 is 0. The molecule has 1 fully saturated rings. The summed E-state index contributed by atoms with van der Waals surface area (Å²) in [6.07, 6.45) is 2.64. The van der Waals surface area contributed by atoms with Gasteiger partial charge in [-0.05, 0) is 37.5 Å². The minimum Gasteiger partial charge on any atom is -0.373 e. The van der Waals surface area contributed by atoms with Crippen LogP contribution >= 0.6 is 0 Å². The van der Waals surface area contributed by atoms with Gasteiger partial charge in [-0.3, -0.25) is 0 Å². The second-order valence-corrected chi connectivity index (χ2v) is 3.48. The van der Waals surface area contributed by atoms with Crippen LogP contribution in [0.1, 0.15) is 30.0 Å². The van der Waals surface area contributed by atoms with Crippen molar-refractivity contribution >= 4 is 5.82 Å². The minimum absolute atomic E-state index is 0.747. The fourth-order valence-electron chi connectivity index (χ4n) is 1.41. The first-order chi connectivity index (χ1) is 5.79. The Morgan fingerprint density at radius 2 is 2.17 bits per heavy atom. The first-order valence-corrected chi connectivity index (χ1v) is 4.46. The molecule has 0 amide bonds. The fourth-order valence-corrected chi connectivity index (χ4v) is 1.41. The van der Waals surface area contributed by atoms with Crippen LogP contribution in [-0.2, 0) is 0 Å². The van der Waals surface area contributed by atoms with E-state index in [0.29, 0.717) is 0 Å². The van der Waals surface area contributed by atoms with Crippen LogP contribution in [0.2, 0.25) is 0 Å². The molecule has 1 N–H and O–H groups in total. The number of pyridine rings is 1. The fraction of sp³-hybridized carbons (Fsp3) is 0.500. The average molecular weight is 162 g/mol. The van der Waals surface area contributed by atoms with Gasteiger partial charge in [0.25, 0.3) is 0 Å². The van der Waals surface area contributed by atoms with Crippen molar-refractivity contribution in [2.24, 2.45) is 0 Å². The van der Waals surface area contributed by atoms with E-state index < -0.39 is 0 Å². The molecule has 0 aromatic carbocycles. The summed E-state index contributed by atoms with van der Waals surface area (Å²) in [6, 6.07) is 4.27. The predicted octanol–water partition coefficient (Wildman–Crippen LogP) is 2.31. The number of hydrogen-bond donors (Lipinski definition) is 1. The zero-order valence-corrected chi connectivity index (χ0v) is 7.59.